The molecule has 1 aromatic rings. The highest BCUT2D eigenvalue weighted by Gasteiger charge is 2.14. The SMILES string of the molecule is NCN1CCN(CCn2ccnc2)CC1. The molecule has 0 atom stereocenters. The van der Waals surface area contributed by atoms with Gasteiger partial charge in [0.1, 0.15) is 0 Å². The molecule has 5 nitrogen and oxygen atoms in total. The van der Waals surface area contributed by atoms with Crippen LogP contribution in [0.3, 0.4) is 0 Å². The third-order valence-electron chi connectivity index (χ3n) is 2.96. The van der Waals surface area contributed by atoms with Gasteiger partial charge in [0.25, 0.3) is 0 Å². The Kier molecular flexibility index (Phi) is 3.71. The number of aromatic nitrogens is 2. The summed E-state index contributed by atoms with van der Waals surface area (Å²) in [6.07, 6.45) is 5.71. The number of nitrogens with zero attached hydrogens (tertiary/aromatic N) is 4. The smallest absolute Gasteiger partial charge is 0.0946 e. The number of hydrogen-bond donors (Lipinski definition) is 1. The van der Waals surface area contributed by atoms with Gasteiger partial charge in [-0.05, 0) is 0 Å². The molecule has 2 rings (SSSR count). The fourth-order valence-corrected chi connectivity index (χ4v) is 1.87. The third kappa shape index (κ3) is 3.02. The minimum absolute atomic E-state index is 0.690. The molecular weight excluding hydrogens is 190 g/mol. The fourth-order valence-electron chi connectivity index (χ4n) is 1.87. The molecule has 2 heterocycles. The van der Waals surface area contributed by atoms with Crippen LogP contribution in [-0.4, -0.2) is 58.7 Å². The standard InChI is InChI=1S/C10H19N5/c11-9-14-6-3-13(4-7-14)5-8-15-2-1-12-10-15/h1-2,10H,3-9,11H2. The highest BCUT2D eigenvalue weighted by Crippen LogP contribution is 2.00. The van der Waals surface area contributed by atoms with Gasteiger partial charge in [-0.3, -0.25) is 9.80 Å². The Labute approximate surface area is 90.5 Å². The predicted octanol–water partition coefficient (Wildman–Crippen LogP) is -0.583. The molecule has 0 unspecified atom stereocenters. The first-order valence-electron chi connectivity index (χ1n) is 5.49. The van der Waals surface area contributed by atoms with E-state index in [2.05, 4.69) is 19.4 Å². The van der Waals surface area contributed by atoms with Crippen LogP contribution in [0.15, 0.2) is 18.7 Å². The van der Waals surface area contributed by atoms with Gasteiger partial charge in [-0.15, -0.1) is 0 Å². The van der Waals surface area contributed by atoms with E-state index in [0.29, 0.717) is 6.67 Å². The van der Waals surface area contributed by atoms with E-state index in [4.69, 9.17) is 5.73 Å². The molecular formula is C10H19N5. The van der Waals surface area contributed by atoms with Gasteiger partial charge in [0.15, 0.2) is 0 Å². The van der Waals surface area contributed by atoms with Gasteiger partial charge in [-0.1, -0.05) is 0 Å². The van der Waals surface area contributed by atoms with E-state index in [1.165, 1.54) is 0 Å². The van der Waals surface area contributed by atoms with Crippen molar-refractivity contribution in [2.45, 2.75) is 6.54 Å². The fraction of sp³-hybridized carbons (Fsp3) is 0.700. The van der Waals surface area contributed by atoms with Crippen molar-refractivity contribution in [2.75, 3.05) is 39.4 Å². The molecule has 0 amide bonds. The van der Waals surface area contributed by atoms with Crippen molar-refractivity contribution in [3.8, 4) is 0 Å². The van der Waals surface area contributed by atoms with Crippen molar-refractivity contribution >= 4 is 0 Å². The van der Waals surface area contributed by atoms with Gasteiger partial charge < -0.3 is 10.3 Å². The quantitative estimate of drug-likeness (QED) is 0.720. The zero-order chi connectivity index (χ0) is 10.5. The Morgan fingerprint density at radius 3 is 2.40 bits per heavy atom. The van der Waals surface area contributed by atoms with Crippen LogP contribution < -0.4 is 5.73 Å². The summed E-state index contributed by atoms with van der Waals surface area (Å²) < 4.78 is 2.12. The van der Waals surface area contributed by atoms with Crippen LogP contribution in [0.5, 0.6) is 0 Å². The lowest BCUT2D eigenvalue weighted by Gasteiger charge is -2.33. The second kappa shape index (κ2) is 5.25. The second-order valence-electron chi connectivity index (χ2n) is 3.94. The number of rotatable bonds is 4. The number of nitrogens with two attached hydrogens (primary N) is 1. The van der Waals surface area contributed by atoms with Crippen molar-refractivity contribution < 1.29 is 0 Å². The lowest BCUT2D eigenvalue weighted by atomic mass is 10.3. The first-order valence-corrected chi connectivity index (χ1v) is 5.49. The summed E-state index contributed by atoms with van der Waals surface area (Å²) in [7, 11) is 0. The van der Waals surface area contributed by atoms with Crippen LogP contribution in [0, 0.1) is 0 Å². The molecule has 0 radical (unpaired) electrons. The molecule has 1 saturated heterocycles. The minimum Gasteiger partial charge on any atom is -0.336 e. The van der Waals surface area contributed by atoms with Crippen LogP contribution in [0.1, 0.15) is 0 Å². The highest BCUT2D eigenvalue weighted by atomic mass is 15.3. The summed E-state index contributed by atoms with van der Waals surface area (Å²) >= 11 is 0. The average molecular weight is 209 g/mol. The van der Waals surface area contributed by atoms with Crippen LogP contribution in [-0.2, 0) is 6.54 Å². The lowest BCUT2D eigenvalue weighted by Crippen LogP contribution is -2.48. The monoisotopic (exact) mass is 209 g/mol. The van der Waals surface area contributed by atoms with Gasteiger partial charge in [0.2, 0.25) is 0 Å². The van der Waals surface area contributed by atoms with Gasteiger partial charge in [0.05, 0.1) is 6.33 Å². The van der Waals surface area contributed by atoms with Gasteiger partial charge in [0, 0.05) is 58.3 Å². The molecule has 1 aliphatic heterocycles. The summed E-state index contributed by atoms with van der Waals surface area (Å²) in [6.45, 7) is 7.28. The molecule has 0 aromatic carbocycles. The van der Waals surface area contributed by atoms with Crippen LogP contribution >= 0.6 is 0 Å². The van der Waals surface area contributed by atoms with E-state index < -0.39 is 0 Å². The molecule has 0 saturated carbocycles. The summed E-state index contributed by atoms with van der Waals surface area (Å²) in [5.41, 5.74) is 5.59. The molecule has 5 heteroatoms. The maximum atomic E-state index is 5.59. The Morgan fingerprint density at radius 2 is 1.80 bits per heavy atom. The largest absolute Gasteiger partial charge is 0.336 e. The summed E-state index contributed by atoms with van der Waals surface area (Å²) in [6, 6.07) is 0. The van der Waals surface area contributed by atoms with E-state index in [9.17, 15) is 0 Å². The van der Waals surface area contributed by atoms with E-state index in [1.807, 2.05) is 18.7 Å². The molecule has 15 heavy (non-hydrogen) atoms. The molecule has 1 fully saturated rings. The van der Waals surface area contributed by atoms with Gasteiger partial charge in [-0.2, -0.15) is 0 Å². The topological polar surface area (TPSA) is 50.3 Å². The first-order chi connectivity index (χ1) is 7.38. The predicted molar refractivity (Wildman–Crippen MR) is 59.3 cm³/mol. The maximum absolute atomic E-state index is 5.59. The van der Waals surface area contributed by atoms with Crippen LogP contribution in [0.4, 0.5) is 0 Å². The third-order valence-corrected chi connectivity index (χ3v) is 2.96. The summed E-state index contributed by atoms with van der Waals surface area (Å²) in [5.74, 6) is 0. The normalized spacial score (nSPS) is 19.5. The minimum atomic E-state index is 0.690. The number of piperazine rings is 1. The molecule has 2 N–H and O–H groups in total. The maximum Gasteiger partial charge on any atom is 0.0946 e. The Balaban J connectivity index is 1.69. The zero-order valence-corrected chi connectivity index (χ0v) is 9.05. The Bertz CT molecular complexity index is 263. The molecule has 1 aromatic heterocycles. The molecule has 0 aliphatic carbocycles. The van der Waals surface area contributed by atoms with Gasteiger partial charge in [-0.25, -0.2) is 4.98 Å². The molecule has 1 aliphatic rings. The first kappa shape index (κ1) is 10.6. The van der Waals surface area contributed by atoms with Gasteiger partial charge >= 0.3 is 0 Å². The van der Waals surface area contributed by atoms with Crippen molar-refractivity contribution in [1.29, 1.82) is 0 Å². The molecule has 0 bridgehead atoms. The molecule has 0 spiro atoms. The van der Waals surface area contributed by atoms with Crippen molar-refractivity contribution in [3.05, 3.63) is 18.7 Å². The zero-order valence-electron chi connectivity index (χ0n) is 9.05. The number of hydrogen-bond acceptors (Lipinski definition) is 4. The van der Waals surface area contributed by atoms with Crippen molar-refractivity contribution in [3.63, 3.8) is 0 Å². The second-order valence-corrected chi connectivity index (χ2v) is 3.94. The van der Waals surface area contributed by atoms with E-state index in [-0.39, 0.29) is 0 Å². The van der Waals surface area contributed by atoms with E-state index in [0.717, 1.165) is 39.3 Å². The van der Waals surface area contributed by atoms with Crippen molar-refractivity contribution in [2.24, 2.45) is 5.73 Å². The van der Waals surface area contributed by atoms with Crippen LogP contribution in [0.2, 0.25) is 0 Å². The average Bonchev–Trinajstić information content (AvgIpc) is 2.80. The number of imidazole rings is 1. The highest BCUT2D eigenvalue weighted by molar-refractivity contribution is 4.76. The summed E-state index contributed by atoms with van der Waals surface area (Å²) in [4.78, 5) is 8.79. The van der Waals surface area contributed by atoms with E-state index in [1.54, 1.807) is 0 Å². The summed E-state index contributed by atoms with van der Waals surface area (Å²) in [5, 5.41) is 0. The Morgan fingerprint density at radius 1 is 1.07 bits per heavy atom. The van der Waals surface area contributed by atoms with E-state index >= 15 is 0 Å². The molecule has 84 valence electrons. The van der Waals surface area contributed by atoms with Crippen molar-refractivity contribution in [1.82, 2.24) is 19.4 Å². The Hall–Kier alpha value is -0.910. The lowest BCUT2D eigenvalue weighted by molar-refractivity contribution is 0.131. The van der Waals surface area contributed by atoms with Crippen LogP contribution in [0.25, 0.3) is 0 Å².